The topological polar surface area (TPSA) is 36.7 Å². The minimum Gasteiger partial charge on any atom is -0.250 e. The summed E-state index contributed by atoms with van der Waals surface area (Å²) in [4.78, 5) is 4.13. The third kappa shape index (κ3) is 3.30. The summed E-state index contributed by atoms with van der Waals surface area (Å²) < 4.78 is 0. The highest BCUT2D eigenvalue weighted by molar-refractivity contribution is 8.00. The minimum atomic E-state index is -0.0765. The Morgan fingerprint density at radius 2 is 2.54 bits per heavy atom. The minimum absolute atomic E-state index is 0.0765. The molecule has 2 nitrogen and oxygen atoms in total. The van der Waals surface area contributed by atoms with E-state index in [-0.39, 0.29) is 5.25 Å². The number of allylic oxidation sites excluding steroid dienone is 1. The van der Waals surface area contributed by atoms with E-state index in [1.54, 1.807) is 12.3 Å². The zero-order chi connectivity index (χ0) is 9.52. The van der Waals surface area contributed by atoms with Gasteiger partial charge in [0.2, 0.25) is 0 Å². The fourth-order valence-electron chi connectivity index (χ4n) is 0.841. The highest BCUT2D eigenvalue weighted by atomic mass is 32.2. The average molecular weight is 190 g/mol. The van der Waals surface area contributed by atoms with Gasteiger partial charge in [-0.3, -0.25) is 0 Å². The normalized spacial score (nSPS) is 11.6. The molecule has 1 unspecified atom stereocenters. The summed E-state index contributed by atoms with van der Waals surface area (Å²) in [6.07, 6.45) is 4.17. The van der Waals surface area contributed by atoms with Gasteiger partial charge in [0.05, 0.1) is 11.1 Å². The third-order valence-electron chi connectivity index (χ3n) is 1.43. The van der Waals surface area contributed by atoms with Gasteiger partial charge in [-0.1, -0.05) is 23.9 Å². The lowest BCUT2D eigenvalue weighted by Gasteiger charge is -2.03. The van der Waals surface area contributed by atoms with Gasteiger partial charge < -0.3 is 0 Å². The second-order valence-electron chi connectivity index (χ2n) is 2.43. The molecule has 1 heterocycles. The smallest absolute Gasteiger partial charge is 0.101 e. The molecule has 0 radical (unpaired) electrons. The van der Waals surface area contributed by atoms with E-state index in [0.717, 1.165) is 5.03 Å². The maximum absolute atomic E-state index is 8.77. The average Bonchev–Trinajstić information content (AvgIpc) is 2.19. The van der Waals surface area contributed by atoms with Crippen LogP contribution >= 0.6 is 11.8 Å². The van der Waals surface area contributed by atoms with Crippen molar-refractivity contribution >= 4 is 11.8 Å². The van der Waals surface area contributed by atoms with Gasteiger partial charge in [0.25, 0.3) is 0 Å². The summed E-state index contributed by atoms with van der Waals surface area (Å²) >= 11 is 1.47. The van der Waals surface area contributed by atoms with Crippen LogP contribution in [-0.4, -0.2) is 10.2 Å². The Kier molecular flexibility index (Phi) is 4.07. The van der Waals surface area contributed by atoms with E-state index >= 15 is 0 Å². The van der Waals surface area contributed by atoms with Crippen molar-refractivity contribution in [3.8, 4) is 6.07 Å². The first-order valence-electron chi connectivity index (χ1n) is 3.95. The van der Waals surface area contributed by atoms with Crippen molar-refractivity contribution in [2.24, 2.45) is 0 Å². The zero-order valence-electron chi connectivity index (χ0n) is 7.18. The Morgan fingerprint density at radius 3 is 3.08 bits per heavy atom. The van der Waals surface area contributed by atoms with E-state index in [1.165, 1.54) is 11.8 Å². The Morgan fingerprint density at radius 1 is 1.69 bits per heavy atom. The van der Waals surface area contributed by atoms with Gasteiger partial charge in [0, 0.05) is 6.20 Å². The monoisotopic (exact) mass is 190 g/mol. The van der Waals surface area contributed by atoms with Gasteiger partial charge in [-0.25, -0.2) is 4.98 Å². The van der Waals surface area contributed by atoms with E-state index in [9.17, 15) is 0 Å². The maximum atomic E-state index is 8.77. The lowest BCUT2D eigenvalue weighted by Crippen LogP contribution is -1.96. The van der Waals surface area contributed by atoms with Crippen LogP contribution in [0.3, 0.4) is 0 Å². The summed E-state index contributed by atoms with van der Waals surface area (Å²) in [6.45, 7) is 3.61. The van der Waals surface area contributed by atoms with Gasteiger partial charge in [0.1, 0.15) is 5.25 Å². The molecule has 1 aromatic heterocycles. The Balaban J connectivity index is 2.58. The van der Waals surface area contributed by atoms with E-state index in [2.05, 4.69) is 17.6 Å². The number of hydrogen-bond donors (Lipinski definition) is 0. The molecule has 0 fully saturated rings. The van der Waals surface area contributed by atoms with Gasteiger partial charge in [-0.05, 0) is 18.6 Å². The molecule has 0 N–H and O–H groups in total. The van der Waals surface area contributed by atoms with E-state index < -0.39 is 0 Å². The summed E-state index contributed by atoms with van der Waals surface area (Å²) in [5.41, 5.74) is 0. The molecule has 0 bridgehead atoms. The number of aromatic nitrogens is 1. The predicted octanol–water partition coefficient (Wildman–Crippen LogP) is 2.64. The van der Waals surface area contributed by atoms with Crippen LogP contribution in [-0.2, 0) is 0 Å². The van der Waals surface area contributed by atoms with Crippen molar-refractivity contribution in [2.75, 3.05) is 0 Å². The molecule has 0 amide bonds. The van der Waals surface area contributed by atoms with Crippen molar-refractivity contribution in [1.82, 2.24) is 4.98 Å². The van der Waals surface area contributed by atoms with Gasteiger partial charge >= 0.3 is 0 Å². The van der Waals surface area contributed by atoms with Crippen LogP contribution in [0.25, 0.3) is 0 Å². The number of pyridine rings is 1. The highest BCUT2D eigenvalue weighted by Gasteiger charge is 2.06. The van der Waals surface area contributed by atoms with Crippen molar-refractivity contribution in [1.29, 1.82) is 5.26 Å². The Hall–Kier alpha value is -1.27. The molecule has 1 atom stereocenters. The van der Waals surface area contributed by atoms with Crippen LogP contribution in [0.2, 0.25) is 0 Å². The lowest BCUT2D eigenvalue weighted by molar-refractivity contribution is 1.06. The van der Waals surface area contributed by atoms with E-state index in [1.807, 2.05) is 18.2 Å². The van der Waals surface area contributed by atoms with Gasteiger partial charge in [-0.2, -0.15) is 5.26 Å². The molecule has 0 aliphatic heterocycles. The second-order valence-corrected chi connectivity index (χ2v) is 3.65. The van der Waals surface area contributed by atoms with Crippen LogP contribution in [0.5, 0.6) is 0 Å². The zero-order valence-corrected chi connectivity index (χ0v) is 8.00. The number of thioether (sulfide) groups is 1. The van der Waals surface area contributed by atoms with Gasteiger partial charge in [-0.15, -0.1) is 6.58 Å². The van der Waals surface area contributed by atoms with Crippen molar-refractivity contribution in [2.45, 2.75) is 16.7 Å². The third-order valence-corrected chi connectivity index (χ3v) is 2.49. The quantitative estimate of drug-likeness (QED) is 0.541. The molecule has 0 saturated heterocycles. The van der Waals surface area contributed by atoms with Crippen molar-refractivity contribution in [3.05, 3.63) is 37.1 Å². The predicted molar refractivity (Wildman–Crippen MR) is 54.3 cm³/mol. The molecule has 0 aliphatic rings. The number of nitriles is 1. The molecular weight excluding hydrogens is 180 g/mol. The molecule has 66 valence electrons. The summed E-state index contributed by atoms with van der Waals surface area (Å²) in [5, 5.41) is 9.58. The molecule has 0 aromatic carbocycles. The Labute approximate surface area is 82.3 Å². The van der Waals surface area contributed by atoms with Crippen molar-refractivity contribution < 1.29 is 0 Å². The fraction of sp³-hybridized carbons (Fsp3) is 0.200. The van der Waals surface area contributed by atoms with Gasteiger partial charge in [0.15, 0.2) is 0 Å². The first-order valence-corrected chi connectivity index (χ1v) is 4.83. The molecule has 1 aromatic rings. The molecule has 0 spiro atoms. The first kappa shape index (κ1) is 9.82. The number of hydrogen-bond acceptors (Lipinski definition) is 3. The van der Waals surface area contributed by atoms with Crippen LogP contribution < -0.4 is 0 Å². The fourth-order valence-corrected chi connectivity index (χ4v) is 1.70. The molecule has 1 rings (SSSR count). The molecule has 3 heteroatoms. The van der Waals surface area contributed by atoms with Crippen LogP contribution in [0.15, 0.2) is 42.1 Å². The lowest BCUT2D eigenvalue weighted by atomic mass is 10.3. The van der Waals surface area contributed by atoms with E-state index in [4.69, 9.17) is 5.26 Å². The summed E-state index contributed by atoms with van der Waals surface area (Å²) in [7, 11) is 0. The molecule has 0 saturated carbocycles. The van der Waals surface area contributed by atoms with Crippen LogP contribution in [0, 0.1) is 11.3 Å². The number of nitrogens with zero attached hydrogens (tertiary/aromatic N) is 2. The molecule has 0 aliphatic carbocycles. The summed E-state index contributed by atoms with van der Waals surface area (Å²) in [5.74, 6) is 0. The second kappa shape index (κ2) is 5.39. The number of rotatable bonds is 4. The Bertz CT molecular complexity index is 302. The van der Waals surface area contributed by atoms with Crippen molar-refractivity contribution in [3.63, 3.8) is 0 Å². The largest absolute Gasteiger partial charge is 0.250 e. The molecular formula is C10H10N2S. The SMILES string of the molecule is C=CCC(C#N)Sc1ccccn1. The maximum Gasteiger partial charge on any atom is 0.101 e. The first-order chi connectivity index (χ1) is 6.36. The van der Waals surface area contributed by atoms with Crippen LogP contribution in [0.4, 0.5) is 0 Å². The highest BCUT2D eigenvalue weighted by Crippen LogP contribution is 2.22. The summed E-state index contributed by atoms with van der Waals surface area (Å²) in [6, 6.07) is 7.88. The standard InChI is InChI=1S/C10H10N2S/c1-2-5-9(8-11)13-10-6-3-4-7-12-10/h2-4,6-7,9H,1,5H2. The molecule has 13 heavy (non-hydrogen) atoms. The van der Waals surface area contributed by atoms with Crippen LogP contribution in [0.1, 0.15) is 6.42 Å². The van der Waals surface area contributed by atoms with E-state index in [0.29, 0.717) is 6.42 Å².